The minimum Gasteiger partial charge on any atom is -0.334 e. The summed E-state index contributed by atoms with van der Waals surface area (Å²) in [5.74, 6) is 0.122. The van der Waals surface area contributed by atoms with E-state index >= 15 is 0 Å². The fraction of sp³-hybridized carbons (Fsp3) is 0.316. The van der Waals surface area contributed by atoms with E-state index in [0.29, 0.717) is 12.1 Å². The van der Waals surface area contributed by atoms with E-state index < -0.39 is 16.1 Å². The molecular formula is C19H20N4O3S. The molecule has 0 unspecified atom stereocenters. The molecule has 1 aromatic heterocycles. The molecule has 2 aliphatic heterocycles. The summed E-state index contributed by atoms with van der Waals surface area (Å²) < 4.78 is 26.9. The second-order valence-corrected chi connectivity index (χ2v) is 8.38. The van der Waals surface area contributed by atoms with E-state index in [1.807, 2.05) is 17.0 Å². The van der Waals surface area contributed by atoms with E-state index in [1.165, 1.54) is 6.07 Å². The van der Waals surface area contributed by atoms with Gasteiger partial charge in [-0.25, -0.2) is 8.42 Å². The van der Waals surface area contributed by atoms with Crippen LogP contribution in [0.2, 0.25) is 0 Å². The molecule has 3 heterocycles. The largest absolute Gasteiger partial charge is 0.334 e. The maximum atomic E-state index is 13.0. The predicted octanol–water partition coefficient (Wildman–Crippen LogP) is 1.87. The Morgan fingerprint density at radius 3 is 2.78 bits per heavy atom. The lowest BCUT2D eigenvalue weighted by Crippen LogP contribution is -2.37. The third-order valence-electron chi connectivity index (χ3n) is 4.97. The molecule has 0 bridgehead atoms. The van der Waals surface area contributed by atoms with Crippen LogP contribution < -0.4 is 4.72 Å². The summed E-state index contributed by atoms with van der Waals surface area (Å²) in [7, 11) is -3.61. The number of aliphatic imine (C=N–C) groups is 1. The van der Waals surface area contributed by atoms with Gasteiger partial charge >= 0.3 is 0 Å². The van der Waals surface area contributed by atoms with Crippen molar-refractivity contribution < 1.29 is 13.2 Å². The first-order valence-corrected chi connectivity index (χ1v) is 10.4. The molecule has 1 N–H and O–H groups in total. The standard InChI is InChI=1S/C19H20N4O3S/c1-13(21-18-15-5-2-3-7-17(15)27(25,26)22-18)19(24)23-12-4-6-16(23)14-8-10-20-11-9-14/h2-3,5,7-11,13,16H,4,6,12H2,1H3,(H,21,22)/t13-,16-/m0/s1. The van der Waals surface area contributed by atoms with Gasteiger partial charge in [-0.1, -0.05) is 12.1 Å². The van der Waals surface area contributed by atoms with Crippen molar-refractivity contribution in [3.05, 3.63) is 59.9 Å². The van der Waals surface area contributed by atoms with Crippen LogP contribution in [0.4, 0.5) is 0 Å². The molecule has 0 spiro atoms. The van der Waals surface area contributed by atoms with Crippen LogP contribution in [0.15, 0.2) is 58.7 Å². The van der Waals surface area contributed by atoms with Crippen molar-refractivity contribution >= 4 is 21.8 Å². The molecule has 8 heteroatoms. The van der Waals surface area contributed by atoms with Crippen molar-refractivity contribution in [2.24, 2.45) is 4.99 Å². The molecule has 1 fully saturated rings. The highest BCUT2D eigenvalue weighted by molar-refractivity contribution is 7.90. The van der Waals surface area contributed by atoms with Gasteiger partial charge in [-0.3, -0.25) is 19.5 Å². The Hall–Kier alpha value is -2.74. The number of amides is 1. The Labute approximate surface area is 158 Å². The molecule has 1 amide bonds. The Balaban J connectivity index is 1.59. The predicted molar refractivity (Wildman–Crippen MR) is 101 cm³/mol. The highest BCUT2D eigenvalue weighted by Crippen LogP contribution is 2.32. The van der Waals surface area contributed by atoms with Gasteiger partial charge in [-0.15, -0.1) is 0 Å². The molecule has 4 rings (SSSR count). The normalized spacial score (nSPS) is 23.1. The molecular weight excluding hydrogens is 364 g/mol. The number of hydrogen-bond acceptors (Lipinski definition) is 5. The summed E-state index contributed by atoms with van der Waals surface area (Å²) in [4.78, 5) is 23.5. The zero-order valence-electron chi connectivity index (χ0n) is 14.9. The van der Waals surface area contributed by atoms with Gasteiger partial charge in [-0.05, 0) is 49.6 Å². The number of sulfonamides is 1. The van der Waals surface area contributed by atoms with Gasteiger partial charge in [-0.2, -0.15) is 0 Å². The monoisotopic (exact) mass is 384 g/mol. The molecule has 0 saturated carbocycles. The molecule has 0 aliphatic carbocycles. The molecule has 140 valence electrons. The van der Waals surface area contributed by atoms with E-state index in [4.69, 9.17) is 0 Å². The third kappa shape index (κ3) is 3.21. The number of carbonyl (C=O) groups is 1. The number of carbonyl (C=O) groups excluding carboxylic acids is 1. The third-order valence-corrected chi connectivity index (χ3v) is 6.37. The van der Waals surface area contributed by atoms with E-state index in [2.05, 4.69) is 14.7 Å². The number of hydrogen-bond donors (Lipinski definition) is 1. The Morgan fingerprint density at radius 2 is 2.00 bits per heavy atom. The van der Waals surface area contributed by atoms with Crippen molar-refractivity contribution in [2.75, 3.05) is 6.54 Å². The van der Waals surface area contributed by atoms with Crippen LogP contribution in [0.3, 0.4) is 0 Å². The quantitative estimate of drug-likeness (QED) is 0.874. The van der Waals surface area contributed by atoms with Crippen LogP contribution in [0.5, 0.6) is 0 Å². The summed E-state index contributed by atoms with van der Waals surface area (Å²) in [5.41, 5.74) is 1.56. The summed E-state index contributed by atoms with van der Waals surface area (Å²) in [6, 6.07) is 9.82. The maximum Gasteiger partial charge on any atom is 0.263 e. The zero-order chi connectivity index (χ0) is 19.0. The number of benzene rings is 1. The molecule has 7 nitrogen and oxygen atoms in total. The smallest absolute Gasteiger partial charge is 0.263 e. The zero-order valence-corrected chi connectivity index (χ0v) is 15.7. The van der Waals surface area contributed by atoms with Crippen LogP contribution >= 0.6 is 0 Å². The number of amidine groups is 1. The summed E-state index contributed by atoms with van der Waals surface area (Å²) in [6.45, 7) is 2.37. The summed E-state index contributed by atoms with van der Waals surface area (Å²) >= 11 is 0. The average Bonchev–Trinajstić information content (AvgIpc) is 3.25. The van der Waals surface area contributed by atoms with E-state index in [-0.39, 0.29) is 22.7 Å². The fourth-order valence-corrected chi connectivity index (χ4v) is 4.92. The van der Waals surface area contributed by atoms with Crippen molar-refractivity contribution in [2.45, 2.75) is 36.7 Å². The second kappa shape index (κ2) is 6.77. The SMILES string of the molecule is C[C@H](N=C1NS(=O)(=O)c2ccccc21)C(=O)N1CCC[C@H]1c1ccncc1. The Kier molecular flexibility index (Phi) is 4.43. The van der Waals surface area contributed by atoms with Crippen molar-refractivity contribution in [3.63, 3.8) is 0 Å². The van der Waals surface area contributed by atoms with Crippen molar-refractivity contribution in [3.8, 4) is 0 Å². The minimum atomic E-state index is -3.61. The fourth-order valence-electron chi connectivity index (χ4n) is 3.68. The van der Waals surface area contributed by atoms with Gasteiger partial charge in [0.2, 0.25) is 5.91 Å². The number of fused-ring (bicyclic) bond motifs is 1. The number of likely N-dealkylation sites (tertiary alicyclic amines) is 1. The molecule has 2 atom stereocenters. The van der Waals surface area contributed by atoms with Gasteiger partial charge in [0, 0.05) is 24.5 Å². The van der Waals surface area contributed by atoms with Crippen LogP contribution in [0.1, 0.15) is 36.9 Å². The van der Waals surface area contributed by atoms with Gasteiger partial charge < -0.3 is 4.90 Å². The number of rotatable bonds is 3. The molecule has 1 aromatic carbocycles. The van der Waals surface area contributed by atoms with Crippen molar-refractivity contribution in [1.82, 2.24) is 14.6 Å². The van der Waals surface area contributed by atoms with Crippen molar-refractivity contribution in [1.29, 1.82) is 0 Å². The van der Waals surface area contributed by atoms with Gasteiger partial charge in [0.05, 0.1) is 10.9 Å². The van der Waals surface area contributed by atoms with Crippen LogP contribution in [0.25, 0.3) is 0 Å². The second-order valence-electron chi connectivity index (χ2n) is 6.73. The maximum absolute atomic E-state index is 13.0. The van der Waals surface area contributed by atoms with E-state index in [9.17, 15) is 13.2 Å². The first kappa shape index (κ1) is 17.7. The lowest BCUT2D eigenvalue weighted by molar-refractivity contribution is -0.133. The van der Waals surface area contributed by atoms with Gasteiger partial charge in [0.25, 0.3) is 10.0 Å². The topological polar surface area (TPSA) is 91.7 Å². The Bertz CT molecular complexity index is 1000. The van der Waals surface area contributed by atoms with E-state index in [0.717, 1.165) is 18.4 Å². The first-order chi connectivity index (χ1) is 13.0. The molecule has 2 aromatic rings. The highest BCUT2D eigenvalue weighted by Gasteiger charge is 2.34. The van der Waals surface area contributed by atoms with Crippen LogP contribution in [-0.2, 0) is 14.8 Å². The summed E-state index contributed by atoms with van der Waals surface area (Å²) in [6.07, 6.45) is 5.28. The number of nitrogens with one attached hydrogen (secondary N) is 1. The van der Waals surface area contributed by atoms with Crippen LogP contribution in [0, 0.1) is 0 Å². The molecule has 27 heavy (non-hydrogen) atoms. The van der Waals surface area contributed by atoms with E-state index in [1.54, 1.807) is 37.5 Å². The lowest BCUT2D eigenvalue weighted by atomic mass is 10.1. The highest BCUT2D eigenvalue weighted by atomic mass is 32.2. The average molecular weight is 384 g/mol. The van der Waals surface area contributed by atoms with Gasteiger partial charge in [0.15, 0.2) is 0 Å². The number of nitrogens with zero attached hydrogens (tertiary/aromatic N) is 3. The van der Waals surface area contributed by atoms with Gasteiger partial charge in [0.1, 0.15) is 11.9 Å². The number of aromatic nitrogens is 1. The minimum absolute atomic E-state index is 0.00991. The molecule has 0 radical (unpaired) electrons. The molecule has 1 saturated heterocycles. The molecule has 2 aliphatic rings. The van der Waals surface area contributed by atoms with Crippen LogP contribution in [-0.4, -0.2) is 42.6 Å². The Morgan fingerprint density at radius 1 is 1.26 bits per heavy atom. The lowest BCUT2D eigenvalue weighted by Gasteiger charge is -2.26. The number of pyridine rings is 1. The first-order valence-electron chi connectivity index (χ1n) is 8.88. The summed E-state index contributed by atoms with van der Waals surface area (Å²) in [5, 5.41) is 0.